The Bertz CT molecular complexity index is 437. The molecule has 112 valence electrons. The number of ether oxygens (including phenoxy) is 1. The van der Waals surface area contributed by atoms with Gasteiger partial charge < -0.3 is 10.5 Å². The van der Waals surface area contributed by atoms with E-state index < -0.39 is 30.5 Å². The Kier molecular flexibility index (Phi) is 6.01. The molecule has 0 spiro atoms. The van der Waals surface area contributed by atoms with Gasteiger partial charge in [0.2, 0.25) is 0 Å². The molecular formula is C14H18F3NO2. The summed E-state index contributed by atoms with van der Waals surface area (Å²) in [6, 6.07) is 5.51. The highest BCUT2D eigenvalue weighted by Crippen LogP contribution is 2.20. The average molecular weight is 289 g/mol. The van der Waals surface area contributed by atoms with E-state index in [1.165, 1.54) is 0 Å². The minimum Gasteiger partial charge on any atom is -0.469 e. The lowest BCUT2D eigenvalue weighted by Crippen LogP contribution is -2.47. The van der Waals surface area contributed by atoms with Crippen LogP contribution in [0.5, 0.6) is 0 Å². The van der Waals surface area contributed by atoms with Gasteiger partial charge in [0.25, 0.3) is 6.43 Å². The molecule has 3 nitrogen and oxygen atoms in total. The van der Waals surface area contributed by atoms with E-state index in [4.69, 9.17) is 5.73 Å². The quantitative estimate of drug-likeness (QED) is 0.817. The zero-order valence-electron chi connectivity index (χ0n) is 11.4. The van der Waals surface area contributed by atoms with Crippen LogP contribution >= 0.6 is 0 Å². The Balaban J connectivity index is 2.89. The van der Waals surface area contributed by atoms with Crippen molar-refractivity contribution < 1.29 is 22.7 Å². The number of nitrogens with two attached hydrogens (primary N) is 1. The molecular weight excluding hydrogens is 271 g/mol. The normalized spacial score (nSPS) is 15.8. The monoisotopic (exact) mass is 289 g/mol. The molecule has 0 saturated carbocycles. The number of alkyl halides is 3. The van der Waals surface area contributed by atoms with Gasteiger partial charge in [-0.15, -0.1) is 0 Å². The maximum absolute atomic E-state index is 13.3. The number of methoxy groups -OCH3 is 1. The summed E-state index contributed by atoms with van der Waals surface area (Å²) >= 11 is 0. The van der Waals surface area contributed by atoms with Crippen molar-refractivity contribution >= 4 is 5.97 Å². The van der Waals surface area contributed by atoms with Crippen LogP contribution < -0.4 is 5.73 Å². The maximum atomic E-state index is 13.3. The van der Waals surface area contributed by atoms with Crippen molar-refractivity contribution in [3.8, 4) is 0 Å². The molecule has 0 aliphatic rings. The SMILES string of the molecule is COC(=O)C(Cc1ccc(C)cc1)C(N)C(F)C(F)F. The lowest BCUT2D eigenvalue weighted by molar-refractivity contribution is -0.147. The standard InChI is InChI=1S/C14H18F3NO2/c1-8-3-5-9(6-4-8)7-10(14(19)20-2)12(18)11(15)13(16)17/h3-6,10-13H,7,18H2,1-2H3. The molecule has 0 fully saturated rings. The van der Waals surface area contributed by atoms with Crippen molar-refractivity contribution in [2.75, 3.05) is 7.11 Å². The fourth-order valence-corrected chi connectivity index (χ4v) is 1.90. The lowest BCUT2D eigenvalue weighted by Gasteiger charge is -2.24. The predicted octanol–water partition coefficient (Wildman–Crippen LogP) is 2.26. The zero-order valence-corrected chi connectivity index (χ0v) is 11.4. The summed E-state index contributed by atoms with van der Waals surface area (Å²) in [4.78, 5) is 11.6. The fraction of sp³-hybridized carbons (Fsp3) is 0.500. The number of aryl methyl sites for hydroxylation is 1. The van der Waals surface area contributed by atoms with Crippen molar-refractivity contribution in [3.63, 3.8) is 0 Å². The van der Waals surface area contributed by atoms with Gasteiger partial charge in [0.05, 0.1) is 19.1 Å². The van der Waals surface area contributed by atoms with Gasteiger partial charge in [-0.3, -0.25) is 4.79 Å². The van der Waals surface area contributed by atoms with Crippen molar-refractivity contribution in [1.82, 2.24) is 0 Å². The molecule has 0 saturated heterocycles. The summed E-state index contributed by atoms with van der Waals surface area (Å²) in [6.07, 6.45) is -5.74. The maximum Gasteiger partial charge on any atom is 0.310 e. The molecule has 3 unspecified atom stereocenters. The minimum absolute atomic E-state index is 0.0568. The van der Waals surface area contributed by atoms with Crippen LogP contribution in [0.1, 0.15) is 11.1 Å². The molecule has 0 bridgehead atoms. The molecule has 0 radical (unpaired) electrons. The number of carbonyl (C=O) groups is 1. The third kappa shape index (κ3) is 4.23. The highest BCUT2D eigenvalue weighted by Gasteiger charge is 2.37. The number of carbonyl (C=O) groups excluding carboxylic acids is 1. The molecule has 1 rings (SSSR count). The second-order valence-electron chi connectivity index (χ2n) is 4.68. The molecule has 1 aromatic carbocycles. The van der Waals surface area contributed by atoms with Crippen LogP contribution in [0.3, 0.4) is 0 Å². The van der Waals surface area contributed by atoms with Gasteiger partial charge >= 0.3 is 5.97 Å². The summed E-state index contributed by atoms with van der Waals surface area (Å²) in [5, 5.41) is 0. The first kappa shape index (κ1) is 16.5. The second-order valence-corrected chi connectivity index (χ2v) is 4.68. The Morgan fingerprint density at radius 1 is 1.25 bits per heavy atom. The summed E-state index contributed by atoms with van der Waals surface area (Å²) < 4.78 is 42.7. The Morgan fingerprint density at radius 2 is 1.80 bits per heavy atom. The van der Waals surface area contributed by atoms with Crippen molar-refractivity contribution in [1.29, 1.82) is 0 Å². The first-order valence-corrected chi connectivity index (χ1v) is 6.18. The molecule has 0 aliphatic heterocycles. The molecule has 20 heavy (non-hydrogen) atoms. The van der Waals surface area contributed by atoms with Gasteiger partial charge in [0.1, 0.15) is 0 Å². The second kappa shape index (κ2) is 7.28. The molecule has 0 amide bonds. The Labute approximate surface area is 115 Å². The van der Waals surface area contributed by atoms with Crippen LogP contribution in [0.4, 0.5) is 13.2 Å². The highest BCUT2D eigenvalue weighted by molar-refractivity contribution is 5.73. The molecule has 0 heterocycles. The number of benzene rings is 1. The van der Waals surface area contributed by atoms with Crippen LogP contribution in [-0.2, 0) is 16.0 Å². The van der Waals surface area contributed by atoms with Gasteiger partial charge in [-0.25, -0.2) is 13.2 Å². The summed E-state index contributed by atoms with van der Waals surface area (Å²) in [7, 11) is 1.12. The third-order valence-corrected chi connectivity index (χ3v) is 3.15. The number of halogens is 3. The predicted molar refractivity (Wildman–Crippen MR) is 69.3 cm³/mol. The van der Waals surface area contributed by atoms with E-state index in [2.05, 4.69) is 4.74 Å². The van der Waals surface area contributed by atoms with Crippen LogP contribution in [-0.4, -0.2) is 31.7 Å². The fourth-order valence-electron chi connectivity index (χ4n) is 1.90. The Hall–Kier alpha value is -1.56. The van der Waals surface area contributed by atoms with Gasteiger partial charge in [-0.2, -0.15) is 0 Å². The third-order valence-electron chi connectivity index (χ3n) is 3.15. The molecule has 0 aliphatic carbocycles. The molecule has 6 heteroatoms. The smallest absolute Gasteiger partial charge is 0.310 e. The van der Waals surface area contributed by atoms with E-state index in [-0.39, 0.29) is 6.42 Å². The van der Waals surface area contributed by atoms with Gasteiger partial charge in [0, 0.05) is 0 Å². The van der Waals surface area contributed by atoms with Crippen molar-refractivity contribution in [2.24, 2.45) is 11.7 Å². The first-order chi connectivity index (χ1) is 9.36. The molecule has 2 N–H and O–H groups in total. The van der Waals surface area contributed by atoms with Gasteiger partial charge in [0.15, 0.2) is 6.17 Å². The zero-order chi connectivity index (χ0) is 15.3. The van der Waals surface area contributed by atoms with E-state index in [0.29, 0.717) is 5.56 Å². The topological polar surface area (TPSA) is 52.3 Å². The summed E-state index contributed by atoms with van der Waals surface area (Å²) in [5.74, 6) is -1.94. The van der Waals surface area contributed by atoms with Crippen LogP contribution in [0, 0.1) is 12.8 Å². The van der Waals surface area contributed by atoms with Gasteiger partial charge in [-0.05, 0) is 18.9 Å². The van der Waals surface area contributed by atoms with Crippen molar-refractivity contribution in [2.45, 2.75) is 32.0 Å². The van der Waals surface area contributed by atoms with E-state index in [0.717, 1.165) is 12.7 Å². The molecule has 0 aromatic heterocycles. The molecule has 3 atom stereocenters. The molecule has 1 aromatic rings. The summed E-state index contributed by atoms with van der Waals surface area (Å²) in [6.45, 7) is 1.89. The van der Waals surface area contributed by atoms with Crippen molar-refractivity contribution in [3.05, 3.63) is 35.4 Å². The van der Waals surface area contributed by atoms with E-state index in [1.54, 1.807) is 12.1 Å². The van der Waals surface area contributed by atoms with Crippen LogP contribution in [0.15, 0.2) is 24.3 Å². The highest BCUT2D eigenvalue weighted by atomic mass is 19.3. The van der Waals surface area contributed by atoms with E-state index >= 15 is 0 Å². The van der Waals surface area contributed by atoms with E-state index in [9.17, 15) is 18.0 Å². The van der Waals surface area contributed by atoms with E-state index in [1.807, 2.05) is 19.1 Å². The number of hydrogen-bond acceptors (Lipinski definition) is 3. The minimum atomic E-state index is -3.23. The first-order valence-electron chi connectivity index (χ1n) is 6.18. The average Bonchev–Trinajstić information content (AvgIpc) is 2.44. The van der Waals surface area contributed by atoms with Crippen LogP contribution in [0.2, 0.25) is 0 Å². The summed E-state index contributed by atoms with van der Waals surface area (Å²) in [5.41, 5.74) is 7.19. The lowest BCUT2D eigenvalue weighted by atomic mass is 9.89. The number of hydrogen-bond donors (Lipinski definition) is 1. The van der Waals surface area contributed by atoms with Crippen LogP contribution in [0.25, 0.3) is 0 Å². The van der Waals surface area contributed by atoms with Gasteiger partial charge in [-0.1, -0.05) is 29.8 Å². The number of esters is 1. The number of rotatable bonds is 6. The Morgan fingerprint density at radius 3 is 2.25 bits per heavy atom. The largest absolute Gasteiger partial charge is 0.469 e.